The molecule has 26 heavy (non-hydrogen) atoms. The van der Waals surface area contributed by atoms with Crippen molar-refractivity contribution < 1.29 is 9.59 Å². The summed E-state index contributed by atoms with van der Waals surface area (Å²) in [5.74, 6) is -0.441. The predicted molar refractivity (Wildman–Crippen MR) is 105 cm³/mol. The van der Waals surface area contributed by atoms with Gasteiger partial charge in [0.05, 0.1) is 11.4 Å². The van der Waals surface area contributed by atoms with E-state index in [0.29, 0.717) is 22.5 Å². The first-order valence-corrected chi connectivity index (χ1v) is 8.38. The molecule has 2 N–H and O–H groups in total. The summed E-state index contributed by atoms with van der Waals surface area (Å²) in [7, 11) is 0. The van der Waals surface area contributed by atoms with E-state index in [1.807, 2.05) is 50.2 Å². The number of para-hydroxylation sites is 2. The first kappa shape index (κ1) is 17.4. The van der Waals surface area contributed by atoms with Crippen molar-refractivity contribution in [1.29, 1.82) is 0 Å². The number of aryl methyl sites for hydroxylation is 2. The average molecular weight is 344 g/mol. The van der Waals surface area contributed by atoms with Crippen molar-refractivity contribution in [2.75, 3.05) is 10.6 Å². The van der Waals surface area contributed by atoms with E-state index < -0.39 is 0 Å². The topological polar surface area (TPSA) is 58.2 Å². The number of benzene rings is 3. The van der Waals surface area contributed by atoms with Gasteiger partial charge >= 0.3 is 0 Å². The molecule has 4 heteroatoms. The fourth-order valence-corrected chi connectivity index (χ4v) is 2.50. The molecule has 0 aliphatic heterocycles. The lowest BCUT2D eigenvalue weighted by atomic mass is 10.1. The second-order valence-electron chi connectivity index (χ2n) is 6.19. The maximum atomic E-state index is 12.4. The van der Waals surface area contributed by atoms with E-state index in [9.17, 15) is 9.59 Å². The Labute approximate surface area is 152 Å². The number of nitrogens with one attached hydrogen (secondary N) is 2. The third-order valence-corrected chi connectivity index (χ3v) is 4.05. The standard InChI is InChI=1S/C22H20N2O2/c1-15-7-11-17(12-8-15)21(25)23-19-5-3-4-6-20(19)24-22(26)18-13-9-16(2)10-14-18/h3-14H,1-2H3,(H,23,25)(H,24,26). The van der Waals surface area contributed by atoms with Gasteiger partial charge in [-0.25, -0.2) is 0 Å². The fraction of sp³-hybridized carbons (Fsp3) is 0.0909. The molecule has 0 heterocycles. The Morgan fingerprint density at radius 3 is 1.27 bits per heavy atom. The van der Waals surface area contributed by atoms with Crippen molar-refractivity contribution in [3.63, 3.8) is 0 Å². The maximum absolute atomic E-state index is 12.4. The molecule has 0 radical (unpaired) electrons. The van der Waals surface area contributed by atoms with Crippen LogP contribution in [-0.4, -0.2) is 11.8 Å². The minimum absolute atomic E-state index is 0.220. The van der Waals surface area contributed by atoms with Crippen molar-refractivity contribution in [2.45, 2.75) is 13.8 Å². The zero-order valence-corrected chi connectivity index (χ0v) is 14.7. The van der Waals surface area contributed by atoms with Gasteiger partial charge in [0.15, 0.2) is 0 Å². The minimum atomic E-state index is -0.220. The molecule has 4 nitrogen and oxygen atoms in total. The van der Waals surface area contributed by atoms with Gasteiger partial charge in [0.25, 0.3) is 11.8 Å². The first-order chi connectivity index (χ1) is 12.5. The lowest BCUT2D eigenvalue weighted by molar-refractivity contribution is 0.101. The Balaban J connectivity index is 1.77. The molecule has 0 aliphatic carbocycles. The van der Waals surface area contributed by atoms with Gasteiger partial charge in [-0.05, 0) is 50.2 Å². The number of hydrogen-bond donors (Lipinski definition) is 2. The largest absolute Gasteiger partial charge is 0.320 e. The Bertz CT molecular complexity index is 851. The van der Waals surface area contributed by atoms with E-state index in [-0.39, 0.29) is 11.8 Å². The molecule has 3 aromatic rings. The molecule has 0 saturated heterocycles. The van der Waals surface area contributed by atoms with E-state index in [1.54, 1.807) is 36.4 Å². The van der Waals surface area contributed by atoms with Crippen LogP contribution in [0.4, 0.5) is 11.4 Å². The third-order valence-electron chi connectivity index (χ3n) is 4.05. The summed E-state index contributed by atoms with van der Waals surface area (Å²) in [5, 5.41) is 5.72. The number of hydrogen-bond acceptors (Lipinski definition) is 2. The zero-order chi connectivity index (χ0) is 18.5. The van der Waals surface area contributed by atoms with Gasteiger partial charge in [-0.1, -0.05) is 47.5 Å². The normalized spacial score (nSPS) is 10.2. The van der Waals surface area contributed by atoms with Crippen LogP contribution in [0.3, 0.4) is 0 Å². The molecule has 0 saturated carbocycles. The van der Waals surface area contributed by atoms with Crippen LogP contribution in [0.25, 0.3) is 0 Å². The summed E-state index contributed by atoms with van der Waals surface area (Å²) in [5.41, 5.74) is 4.42. The van der Waals surface area contributed by atoms with E-state index in [2.05, 4.69) is 10.6 Å². The molecule has 0 aromatic heterocycles. The predicted octanol–water partition coefficient (Wildman–Crippen LogP) is 4.81. The van der Waals surface area contributed by atoms with Gasteiger partial charge in [-0.2, -0.15) is 0 Å². The van der Waals surface area contributed by atoms with Crippen molar-refractivity contribution in [3.05, 3.63) is 95.1 Å². The fourth-order valence-electron chi connectivity index (χ4n) is 2.50. The van der Waals surface area contributed by atoms with Crippen LogP contribution >= 0.6 is 0 Å². The summed E-state index contributed by atoms with van der Waals surface area (Å²) >= 11 is 0. The highest BCUT2D eigenvalue weighted by atomic mass is 16.2. The van der Waals surface area contributed by atoms with Gasteiger partial charge in [0, 0.05) is 11.1 Å². The van der Waals surface area contributed by atoms with Crippen molar-refractivity contribution in [1.82, 2.24) is 0 Å². The molecular weight excluding hydrogens is 324 g/mol. The molecule has 0 bridgehead atoms. The molecule has 0 atom stereocenters. The van der Waals surface area contributed by atoms with Crippen LogP contribution < -0.4 is 10.6 Å². The highest BCUT2D eigenvalue weighted by molar-refractivity contribution is 6.09. The van der Waals surface area contributed by atoms with Crippen LogP contribution in [0.2, 0.25) is 0 Å². The number of carbonyl (C=O) groups excluding carboxylic acids is 2. The zero-order valence-electron chi connectivity index (χ0n) is 14.7. The molecule has 3 rings (SSSR count). The van der Waals surface area contributed by atoms with Gasteiger partial charge in [0.1, 0.15) is 0 Å². The number of anilines is 2. The summed E-state index contributed by atoms with van der Waals surface area (Å²) in [4.78, 5) is 24.9. The van der Waals surface area contributed by atoms with Crippen LogP contribution in [0.15, 0.2) is 72.8 Å². The summed E-state index contributed by atoms with van der Waals surface area (Å²) in [6.45, 7) is 3.94. The Hall–Kier alpha value is -3.40. The Morgan fingerprint density at radius 1 is 0.577 bits per heavy atom. The van der Waals surface area contributed by atoms with Gasteiger partial charge in [-0.15, -0.1) is 0 Å². The van der Waals surface area contributed by atoms with E-state index in [0.717, 1.165) is 11.1 Å². The van der Waals surface area contributed by atoms with Crippen molar-refractivity contribution in [3.8, 4) is 0 Å². The molecule has 130 valence electrons. The quantitative estimate of drug-likeness (QED) is 0.714. The SMILES string of the molecule is Cc1ccc(C(=O)Nc2ccccc2NC(=O)c2ccc(C)cc2)cc1. The summed E-state index contributed by atoms with van der Waals surface area (Å²) in [6, 6.07) is 21.8. The van der Waals surface area contributed by atoms with E-state index >= 15 is 0 Å². The highest BCUT2D eigenvalue weighted by Gasteiger charge is 2.12. The molecule has 0 fully saturated rings. The second kappa shape index (κ2) is 7.66. The average Bonchev–Trinajstić information content (AvgIpc) is 2.64. The van der Waals surface area contributed by atoms with E-state index in [4.69, 9.17) is 0 Å². The monoisotopic (exact) mass is 344 g/mol. The van der Waals surface area contributed by atoms with E-state index in [1.165, 1.54) is 0 Å². The lowest BCUT2D eigenvalue weighted by Crippen LogP contribution is -2.16. The summed E-state index contributed by atoms with van der Waals surface area (Å²) < 4.78 is 0. The second-order valence-corrected chi connectivity index (χ2v) is 6.19. The number of carbonyl (C=O) groups is 2. The molecule has 0 unspecified atom stereocenters. The van der Waals surface area contributed by atoms with Gasteiger partial charge in [0.2, 0.25) is 0 Å². The minimum Gasteiger partial charge on any atom is -0.320 e. The molecular formula is C22H20N2O2. The van der Waals surface area contributed by atoms with Crippen LogP contribution in [0.5, 0.6) is 0 Å². The highest BCUT2D eigenvalue weighted by Crippen LogP contribution is 2.22. The first-order valence-electron chi connectivity index (χ1n) is 8.38. The third kappa shape index (κ3) is 4.16. The van der Waals surface area contributed by atoms with Crippen LogP contribution in [0.1, 0.15) is 31.8 Å². The molecule has 3 aromatic carbocycles. The van der Waals surface area contributed by atoms with Crippen molar-refractivity contribution in [2.24, 2.45) is 0 Å². The van der Waals surface area contributed by atoms with Crippen molar-refractivity contribution >= 4 is 23.2 Å². The summed E-state index contributed by atoms with van der Waals surface area (Å²) in [6.07, 6.45) is 0. The van der Waals surface area contributed by atoms with Crippen LogP contribution in [-0.2, 0) is 0 Å². The lowest BCUT2D eigenvalue weighted by Gasteiger charge is -2.12. The number of rotatable bonds is 4. The van der Waals surface area contributed by atoms with Gasteiger partial charge < -0.3 is 10.6 Å². The Kier molecular flexibility index (Phi) is 5.13. The molecule has 2 amide bonds. The smallest absolute Gasteiger partial charge is 0.255 e. The maximum Gasteiger partial charge on any atom is 0.255 e. The molecule has 0 spiro atoms. The van der Waals surface area contributed by atoms with Crippen LogP contribution in [0, 0.1) is 13.8 Å². The molecule has 0 aliphatic rings. The number of amides is 2. The Morgan fingerprint density at radius 2 is 0.923 bits per heavy atom. The van der Waals surface area contributed by atoms with Gasteiger partial charge in [-0.3, -0.25) is 9.59 Å².